The highest BCUT2D eigenvalue weighted by molar-refractivity contribution is 5.83. The van der Waals surface area contributed by atoms with Crippen LogP contribution in [-0.2, 0) is 19.1 Å². The number of hydrogen-bond donors (Lipinski definition) is 2. The lowest BCUT2D eigenvalue weighted by molar-refractivity contribution is -0.144. The number of methoxy groups -OCH3 is 1. The summed E-state index contributed by atoms with van der Waals surface area (Å²) in [5, 5.41) is 5.68. The number of nitrogens with zero attached hydrogens (tertiary/aromatic N) is 1. The minimum atomic E-state index is -0.663. The lowest BCUT2D eigenvalue weighted by Gasteiger charge is -2.30. The van der Waals surface area contributed by atoms with Crippen molar-refractivity contribution in [3.8, 4) is 0 Å². The second-order valence-corrected chi connectivity index (χ2v) is 4.69. The van der Waals surface area contributed by atoms with Crippen LogP contribution in [0.25, 0.3) is 0 Å². The van der Waals surface area contributed by atoms with Gasteiger partial charge < -0.3 is 25.0 Å². The summed E-state index contributed by atoms with van der Waals surface area (Å²) in [6.07, 6.45) is 0.106. The van der Waals surface area contributed by atoms with E-state index in [0.717, 1.165) is 19.7 Å². The first-order valence-corrected chi connectivity index (χ1v) is 6.38. The molecular formula is C12H23N3O4. The van der Waals surface area contributed by atoms with Gasteiger partial charge in [-0.25, -0.2) is 4.79 Å². The van der Waals surface area contributed by atoms with Crippen molar-refractivity contribution >= 4 is 11.9 Å². The van der Waals surface area contributed by atoms with E-state index in [-0.39, 0.29) is 12.0 Å². The highest BCUT2D eigenvalue weighted by atomic mass is 16.5. The molecule has 0 aromatic heterocycles. The number of hydrogen-bond acceptors (Lipinski definition) is 6. The van der Waals surface area contributed by atoms with Crippen molar-refractivity contribution in [3.05, 3.63) is 0 Å². The molecule has 0 aromatic rings. The van der Waals surface area contributed by atoms with E-state index >= 15 is 0 Å². The number of morpholine rings is 1. The molecule has 110 valence electrons. The molecule has 7 heteroatoms. The summed E-state index contributed by atoms with van der Waals surface area (Å²) in [6.45, 7) is 4.85. The van der Waals surface area contributed by atoms with Gasteiger partial charge in [-0.2, -0.15) is 0 Å². The van der Waals surface area contributed by atoms with Crippen LogP contribution in [0.2, 0.25) is 0 Å². The Balaban J connectivity index is 2.30. The topological polar surface area (TPSA) is 79.9 Å². The van der Waals surface area contributed by atoms with Crippen molar-refractivity contribution < 1.29 is 19.1 Å². The van der Waals surface area contributed by atoms with E-state index < -0.39 is 12.0 Å². The molecule has 1 fully saturated rings. The molecule has 2 atom stereocenters. The van der Waals surface area contributed by atoms with E-state index in [1.165, 1.54) is 14.0 Å². The highest BCUT2D eigenvalue weighted by Gasteiger charge is 2.21. The molecule has 0 radical (unpaired) electrons. The molecule has 7 nitrogen and oxygen atoms in total. The molecule has 2 N–H and O–H groups in total. The summed E-state index contributed by atoms with van der Waals surface area (Å²) in [5.74, 6) is -0.713. The molecule has 0 bridgehead atoms. The Morgan fingerprint density at radius 2 is 2.26 bits per heavy atom. The fourth-order valence-corrected chi connectivity index (χ4v) is 1.96. The van der Waals surface area contributed by atoms with E-state index in [2.05, 4.69) is 20.3 Å². The van der Waals surface area contributed by atoms with Gasteiger partial charge in [-0.15, -0.1) is 0 Å². The Labute approximate surface area is 113 Å². The quantitative estimate of drug-likeness (QED) is 0.579. The zero-order valence-corrected chi connectivity index (χ0v) is 11.8. The van der Waals surface area contributed by atoms with Crippen LogP contribution in [0, 0.1) is 0 Å². The fourth-order valence-electron chi connectivity index (χ4n) is 1.96. The maximum absolute atomic E-state index is 11.5. The Morgan fingerprint density at radius 3 is 2.84 bits per heavy atom. The summed E-state index contributed by atoms with van der Waals surface area (Å²) in [4.78, 5) is 24.7. The molecule has 0 spiro atoms. The third kappa shape index (κ3) is 6.00. The van der Waals surface area contributed by atoms with Gasteiger partial charge in [-0.05, 0) is 7.05 Å². The highest BCUT2D eigenvalue weighted by Crippen LogP contribution is 2.01. The van der Waals surface area contributed by atoms with Gasteiger partial charge in [0, 0.05) is 33.1 Å². The predicted molar refractivity (Wildman–Crippen MR) is 69.7 cm³/mol. The van der Waals surface area contributed by atoms with Crippen LogP contribution in [0.4, 0.5) is 0 Å². The molecule has 0 aliphatic carbocycles. The minimum Gasteiger partial charge on any atom is -0.467 e. The van der Waals surface area contributed by atoms with Gasteiger partial charge in [0.1, 0.15) is 6.04 Å². The average molecular weight is 273 g/mol. The van der Waals surface area contributed by atoms with Crippen LogP contribution < -0.4 is 10.6 Å². The number of rotatable bonds is 6. The molecule has 0 saturated carbocycles. The second-order valence-electron chi connectivity index (χ2n) is 4.69. The third-order valence-corrected chi connectivity index (χ3v) is 2.93. The van der Waals surface area contributed by atoms with Gasteiger partial charge >= 0.3 is 5.97 Å². The molecule has 1 amide bonds. The summed E-state index contributed by atoms with van der Waals surface area (Å²) in [5.41, 5.74) is 0. The van der Waals surface area contributed by atoms with Gasteiger partial charge in [-0.1, -0.05) is 0 Å². The van der Waals surface area contributed by atoms with Gasteiger partial charge in [0.2, 0.25) is 5.91 Å². The number of ether oxygens (including phenoxy) is 2. The van der Waals surface area contributed by atoms with Gasteiger partial charge in [-0.3, -0.25) is 4.79 Å². The summed E-state index contributed by atoms with van der Waals surface area (Å²) in [7, 11) is 3.35. The van der Waals surface area contributed by atoms with Gasteiger partial charge in [0.15, 0.2) is 0 Å². The largest absolute Gasteiger partial charge is 0.467 e. The van der Waals surface area contributed by atoms with Crippen LogP contribution in [0.5, 0.6) is 0 Å². The number of amides is 1. The monoisotopic (exact) mass is 273 g/mol. The first-order chi connectivity index (χ1) is 9.02. The average Bonchev–Trinajstić information content (AvgIpc) is 2.36. The van der Waals surface area contributed by atoms with Crippen molar-refractivity contribution in [2.45, 2.75) is 19.1 Å². The Bertz CT molecular complexity index is 311. The number of carbonyl (C=O) groups excluding carboxylic acids is 2. The molecule has 1 aliphatic rings. The smallest absolute Gasteiger partial charge is 0.329 e. The zero-order chi connectivity index (χ0) is 14.3. The normalized spacial score (nSPS) is 21.7. The standard InChI is InChI=1S/C12H23N3O4/c1-9(16)14-11(12(17)18-3)7-13-6-10-8-15(2)4-5-19-10/h10-11,13H,4-8H2,1-3H3,(H,14,16). The number of esters is 1. The molecular weight excluding hydrogens is 250 g/mol. The van der Waals surface area contributed by atoms with E-state index in [0.29, 0.717) is 13.1 Å². The summed E-state index contributed by atoms with van der Waals surface area (Å²) in [6, 6.07) is -0.663. The molecule has 1 saturated heterocycles. The molecule has 1 rings (SSSR count). The second kappa shape index (κ2) is 8.08. The van der Waals surface area contributed by atoms with Crippen LogP contribution >= 0.6 is 0 Å². The maximum Gasteiger partial charge on any atom is 0.329 e. The van der Waals surface area contributed by atoms with Crippen LogP contribution in [0.3, 0.4) is 0 Å². The number of likely N-dealkylation sites (N-methyl/N-ethyl adjacent to an activating group) is 1. The maximum atomic E-state index is 11.5. The number of carbonyl (C=O) groups is 2. The van der Waals surface area contributed by atoms with Crippen molar-refractivity contribution in [2.75, 3.05) is 46.9 Å². The SMILES string of the molecule is COC(=O)C(CNCC1CN(C)CCO1)NC(C)=O. The summed E-state index contributed by atoms with van der Waals surface area (Å²) >= 11 is 0. The van der Waals surface area contributed by atoms with Crippen LogP contribution in [-0.4, -0.2) is 75.9 Å². The Kier molecular flexibility index (Phi) is 6.75. The summed E-state index contributed by atoms with van der Waals surface area (Å²) < 4.78 is 10.2. The zero-order valence-electron chi connectivity index (χ0n) is 11.8. The van der Waals surface area contributed by atoms with E-state index in [9.17, 15) is 9.59 Å². The van der Waals surface area contributed by atoms with Crippen molar-refractivity contribution in [1.82, 2.24) is 15.5 Å². The van der Waals surface area contributed by atoms with E-state index in [1.54, 1.807) is 0 Å². The molecule has 1 aliphatic heterocycles. The lowest BCUT2D eigenvalue weighted by atomic mass is 10.2. The first kappa shape index (κ1) is 15.9. The minimum absolute atomic E-state index is 0.106. The first-order valence-electron chi connectivity index (χ1n) is 6.38. The van der Waals surface area contributed by atoms with Gasteiger partial charge in [0.05, 0.1) is 19.8 Å². The van der Waals surface area contributed by atoms with E-state index in [1.807, 2.05) is 7.05 Å². The Morgan fingerprint density at radius 1 is 1.53 bits per heavy atom. The fraction of sp³-hybridized carbons (Fsp3) is 0.833. The van der Waals surface area contributed by atoms with Crippen LogP contribution in [0.1, 0.15) is 6.92 Å². The predicted octanol–water partition coefficient (Wildman–Crippen LogP) is -1.42. The Hall–Kier alpha value is -1.18. The van der Waals surface area contributed by atoms with Crippen molar-refractivity contribution in [1.29, 1.82) is 0 Å². The van der Waals surface area contributed by atoms with Crippen molar-refractivity contribution in [3.63, 3.8) is 0 Å². The number of nitrogens with one attached hydrogen (secondary N) is 2. The molecule has 0 aromatic carbocycles. The van der Waals surface area contributed by atoms with E-state index in [4.69, 9.17) is 4.74 Å². The lowest BCUT2D eigenvalue weighted by Crippen LogP contribution is -2.50. The molecule has 19 heavy (non-hydrogen) atoms. The third-order valence-electron chi connectivity index (χ3n) is 2.93. The van der Waals surface area contributed by atoms with Crippen molar-refractivity contribution in [2.24, 2.45) is 0 Å². The van der Waals surface area contributed by atoms with Gasteiger partial charge in [0.25, 0.3) is 0 Å². The van der Waals surface area contributed by atoms with Crippen LogP contribution in [0.15, 0.2) is 0 Å². The molecule has 1 heterocycles. The molecule has 2 unspecified atom stereocenters.